The fourth-order valence-electron chi connectivity index (χ4n) is 6.72. The predicted molar refractivity (Wildman–Crippen MR) is 171 cm³/mol. The van der Waals surface area contributed by atoms with Crippen molar-refractivity contribution in [2.24, 2.45) is 0 Å². The Bertz CT molecular complexity index is 2090. The van der Waals surface area contributed by atoms with Crippen LogP contribution in [0.15, 0.2) is 134 Å². The van der Waals surface area contributed by atoms with Crippen LogP contribution < -0.4 is 0 Å². The molecular formula is C39H28N2. The van der Waals surface area contributed by atoms with Crippen LogP contribution in [-0.2, 0) is 5.41 Å². The summed E-state index contributed by atoms with van der Waals surface area (Å²) in [6.45, 7) is 4.69. The normalized spacial score (nSPS) is 13.3. The van der Waals surface area contributed by atoms with Gasteiger partial charge in [0.25, 0.3) is 0 Å². The molecule has 2 heteroatoms. The van der Waals surface area contributed by atoms with Gasteiger partial charge < -0.3 is 0 Å². The summed E-state index contributed by atoms with van der Waals surface area (Å²) in [7, 11) is 0. The number of nitrogens with zero attached hydrogens (tertiary/aromatic N) is 2. The van der Waals surface area contributed by atoms with Crippen LogP contribution in [-0.4, -0.2) is 9.97 Å². The van der Waals surface area contributed by atoms with E-state index in [1.807, 2.05) is 18.5 Å². The third-order valence-corrected chi connectivity index (χ3v) is 8.74. The van der Waals surface area contributed by atoms with Crippen LogP contribution in [0.4, 0.5) is 0 Å². The molecule has 2 nitrogen and oxygen atoms in total. The number of benzene rings is 5. The Morgan fingerprint density at radius 2 is 1.22 bits per heavy atom. The molecule has 41 heavy (non-hydrogen) atoms. The smallest absolute Gasteiger partial charge is 0.0759 e. The third-order valence-electron chi connectivity index (χ3n) is 8.74. The predicted octanol–water partition coefficient (Wildman–Crippen LogP) is 10.1. The molecule has 1 aliphatic rings. The molecule has 0 N–H and O–H groups in total. The van der Waals surface area contributed by atoms with Crippen molar-refractivity contribution in [1.29, 1.82) is 0 Å². The zero-order chi connectivity index (χ0) is 27.6. The summed E-state index contributed by atoms with van der Waals surface area (Å²) in [6.07, 6.45) is 3.72. The summed E-state index contributed by atoms with van der Waals surface area (Å²) in [5, 5.41) is 3.72. The Kier molecular flexibility index (Phi) is 5.20. The highest BCUT2D eigenvalue weighted by atomic mass is 14.7. The van der Waals surface area contributed by atoms with E-state index < -0.39 is 0 Å². The summed E-state index contributed by atoms with van der Waals surface area (Å²) < 4.78 is 0. The van der Waals surface area contributed by atoms with E-state index in [1.165, 1.54) is 60.7 Å². The number of pyridine rings is 2. The van der Waals surface area contributed by atoms with Crippen LogP contribution in [0.25, 0.3) is 66.3 Å². The minimum atomic E-state index is -0.166. The fourth-order valence-corrected chi connectivity index (χ4v) is 6.72. The number of aromatic nitrogens is 2. The highest BCUT2D eigenvalue weighted by Crippen LogP contribution is 2.53. The maximum atomic E-state index is 5.32. The lowest BCUT2D eigenvalue weighted by molar-refractivity contribution is 0.662. The van der Waals surface area contributed by atoms with Gasteiger partial charge in [0.15, 0.2) is 0 Å². The maximum absolute atomic E-state index is 5.32. The van der Waals surface area contributed by atoms with Crippen molar-refractivity contribution in [2.75, 3.05) is 0 Å². The molecule has 0 atom stereocenters. The van der Waals surface area contributed by atoms with Crippen LogP contribution in [0.2, 0.25) is 0 Å². The standard InChI is InChI=1S/C39H28N2/c1-39(2)33-12-6-5-11-32(33)38-37(39)35(36-31-10-4-3-8-28(31)21-22-34(36)41-38)29-19-17-26(18-20-29)25-13-15-27(16-14-25)30-9-7-23-40-24-30/h3-24H,1-2H3. The summed E-state index contributed by atoms with van der Waals surface area (Å²) in [5.74, 6) is 0. The second kappa shape index (κ2) is 8.97. The quantitative estimate of drug-likeness (QED) is 0.215. The average Bonchev–Trinajstić information content (AvgIpc) is 3.26. The molecule has 0 spiro atoms. The Labute approximate surface area is 240 Å². The molecule has 0 amide bonds. The van der Waals surface area contributed by atoms with Gasteiger partial charge in [-0.05, 0) is 67.4 Å². The van der Waals surface area contributed by atoms with Crippen LogP contribution in [0.5, 0.6) is 0 Å². The van der Waals surface area contributed by atoms with Crippen LogP contribution in [0.3, 0.4) is 0 Å². The van der Waals surface area contributed by atoms with Crippen molar-refractivity contribution in [2.45, 2.75) is 19.3 Å². The highest BCUT2D eigenvalue weighted by Gasteiger charge is 2.39. The molecule has 2 aromatic heterocycles. The summed E-state index contributed by atoms with van der Waals surface area (Å²) in [4.78, 5) is 9.59. The molecular weight excluding hydrogens is 496 g/mol. The zero-order valence-corrected chi connectivity index (χ0v) is 23.1. The molecule has 1 aliphatic carbocycles. The largest absolute Gasteiger partial charge is 0.264 e. The molecule has 0 fully saturated rings. The monoisotopic (exact) mass is 524 g/mol. The van der Waals surface area contributed by atoms with Crippen molar-refractivity contribution in [3.63, 3.8) is 0 Å². The first kappa shape index (κ1) is 23.8. The van der Waals surface area contributed by atoms with E-state index in [9.17, 15) is 0 Å². The Morgan fingerprint density at radius 1 is 0.561 bits per heavy atom. The first-order valence-electron chi connectivity index (χ1n) is 14.2. The van der Waals surface area contributed by atoms with Crippen molar-refractivity contribution < 1.29 is 0 Å². The van der Waals surface area contributed by atoms with Gasteiger partial charge in [0, 0.05) is 28.8 Å². The SMILES string of the molecule is CC1(C)c2ccccc2-c2nc3ccc4ccccc4c3c(-c3ccc(-c4ccc(-c5cccnc5)cc4)cc3)c21. The number of hydrogen-bond acceptors (Lipinski definition) is 2. The van der Waals surface area contributed by atoms with Crippen molar-refractivity contribution in [1.82, 2.24) is 9.97 Å². The van der Waals surface area contributed by atoms with E-state index in [1.54, 1.807) is 0 Å². The summed E-state index contributed by atoms with van der Waals surface area (Å²) >= 11 is 0. The summed E-state index contributed by atoms with van der Waals surface area (Å²) in [5.41, 5.74) is 13.1. The number of rotatable bonds is 3. The van der Waals surface area contributed by atoms with Gasteiger partial charge in [-0.3, -0.25) is 4.98 Å². The molecule has 194 valence electrons. The first-order valence-corrected chi connectivity index (χ1v) is 14.2. The van der Waals surface area contributed by atoms with Gasteiger partial charge in [0.2, 0.25) is 0 Å². The van der Waals surface area contributed by atoms with E-state index >= 15 is 0 Å². The highest BCUT2D eigenvalue weighted by molar-refractivity contribution is 6.15. The van der Waals surface area contributed by atoms with Gasteiger partial charge in [0.1, 0.15) is 0 Å². The van der Waals surface area contributed by atoms with Crippen molar-refractivity contribution >= 4 is 21.7 Å². The first-order chi connectivity index (χ1) is 20.1. The van der Waals surface area contributed by atoms with Gasteiger partial charge in [-0.2, -0.15) is 0 Å². The van der Waals surface area contributed by atoms with Gasteiger partial charge in [-0.25, -0.2) is 4.98 Å². The molecule has 0 unspecified atom stereocenters. The van der Waals surface area contributed by atoms with Gasteiger partial charge in [-0.1, -0.05) is 123 Å². The Morgan fingerprint density at radius 3 is 1.95 bits per heavy atom. The molecule has 0 saturated carbocycles. The Hall–Kier alpha value is -5.08. The molecule has 0 aliphatic heterocycles. The minimum Gasteiger partial charge on any atom is -0.264 e. The van der Waals surface area contributed by atoms with E-state index in [0.29, 0.717) is 0 Å². The third kappa shape index (κ3) is 3.64. The number of hydrogen-bond donors (Lipinski definition) is 0. The van der Waals surface area contributed by atoms with E-state index in [0.717, 1.165) is 16.8 Å². The lowest BCUT2D eigenvalue weighted by Gasteiger charge is -2.25. The minimum absolute atomic E-state index is 0.166. The van der Waals surface area contributed by atoms with Crippen LogP contribution in [0.1, 0.15) is 25.0 Å². The van der Waals surface area contributed by atoms with Crippen molar-refractivity contribution in [3.05, 3.63) is 145 Å². The molecule has 2 heterocycles. The topological polar surface area (TPSA) is 25.8 Å². The van der Waals surface area contributed by atoms with Crippen molar-refractivity contribution in [3.8, 4) is 44.6 Å². The second-order valence-electron chi connectivity index (χ2n) is 11.5. The zero-order valence-electron chi connectivity index (χ0n) is 23.1. The summed E-state index contributed by atoms with van der Waals surface area (Å²) in [6, 6.07) is 43.8. The van der Waals surface area contributed by atoms with Gasteiger partial charge in [-0.15, -0.1) is 0 Å². The molecule has 0 saturated heterocycles. The fraction of sp³-hybridized carbons (Fsp3) is 0.0769. The van der Waals surface area contributed by atoms with Gasteiger partial charge >= 0.3 is 0 Å². The molecule has 5 aromatic carbocycles. The number of fused-ring (bicyclic) bond motifs is 6. The van der Waals surface area contributed by atoms with E-state index in [4.69, 9.17) is 4.98 Å². The molecule has 7 aromatic rings. The maximum Gasteiger partial charge on any atom is 0.0759 e. The second-order valence-corrected chi connectivity index (χ2v) is 11.5. The molecule has 8 rings (SSSR count). The van der Waals surface area contributed by atoms with E-state index in [-0.39, 0.29) is 5.41 Å². The Balaban J connectivity index is 1.33. The lowest BCUT2D eigenvalue weighted by atomic mass is 9.78. The van der Waals surface area contributed by atoms with Crippen LogP contribution >= 0.6 is 0 Å². The molecule has 0 bridgehead atoms. The van der Waals surface area contributed by atoms with Gasteiger partial charge in [0.05, 0.1) is 11.2 Å². The van der Waals surface area contributed by atoms with Crippen LogP contribution in [0, 0.1) is 0 Å². The lowest BCUT2D eigenvalue weighted by Crippen LogP contribution is -2.16. The van der Waals surface area contributed by atoms with E-state index in [2.05, 4.69) is 134 Å². The average molecular weight is 525 g/mol. The molecule has 0 radical (unpaired) electrons.